The fourth-order valence-electron chi connectivity index (χ4n) is 3.82. The van der Waals surface area contributed by atoms with Crippen molar-refractivity contribution < 1.29 is 17.7 Å². The number of sulfonamides is 1. The molecule has 148 valence electrons. The fourth-order valence-corrected chi connectivity index (χ4v) is 5.46. The Morgan fingerprint density at radius 3 is 2.50 bits per heavy atom. The van der Waals surface area contributed by atoms with Gasteiger partial charge in [0.15, 0.2) is 12.3 Å². The monoisotopic (exact) mass is 402 g/mol. The van der Waals surface area contributed by atoms with E-state index in [9.17, 15) is 13.2 Å². The van der Waals surface area contributed by atoms with E-state index in [1.807, 2.05) is 44.2 Å². The molecule has 1 aliphatic rings. The fraction of sp³-hybridized carbons (Fsp3) is 0.350. The van der Waals surface area contributed by atoms with Gasteiger partial charge in [-0.2, -0.15) is 4.31 Å². The average Bonchev–Trinajstić information content (AvgIpc) is 2.97. The van der Waals surface area contributed by atoms with Crippen molar-refractivity contribution >= 4 is 21.1 Å². The number of para-hydroxylation sites is 2. The van der Waals surface area contributed by atoms with E-state index in [2.05, 4.69) is 0 Å². The minimum Gasteiger partial charge on any atom is -0.408 e. The van der Waals surface area contributed by atoms with Gasteiger partial charge in [-0.1, -0.05) is 29.8 Å². The lowest BCUT2D eigenvalue weighted by atomic mass is 10.2. The van der Waals surface area contributed by atoms with E-state index in [1.54, 1.807) is 21.0 Å². The van der Waals surface area contributed by atoms with Crippen molar-refractivity contribution in [3.05, 3.63) is 64.1 Å². The van der Waals surface area contributed by atoms with Crippen LogP contribution in [-0.2, 0) is 16.7 Å². The molecule has 3 aromatic rings. The molecule has 1 aliphatic heterocycles. The molecule has 0 aliphatic carbocycles. The van der Waals surface area contributed by atoms with Gasteiger partial charge < -0.3 is 9.32 Å². The molecular weight excluding hydrogens is 378 g/mol. The van der Waals surface area contributed by atoms with Crippen LogP contribution in [0.15, 0.2) is 56.6 Å². The molecule has 0 bridgehead atoms. The van der Waals surface area contributed by atoms with Gasteiger partial charge in [0.1, 0.15) is 0 Å². The first-order valence-corrected chi connectivity index (χ1v) is 10.8. The van der Waals surface area contributed by atoms with Crippen LogP contribution in [0, 0.1) is 13.8 Å². The Hall–Kier alpha value is -2.42. The molecule has 8 heteroatoms. The number of nitrogens with zero attached hydrogens (tertiary/aromatic N) is 2. The third kappa shape index (κ3) is 3.39. The SMILES string of the molecule is Cc1ccc(S(=O)(=O)N2CC[NH+](Cn3c(=O)oc4ccccc43)CC2)c(C)c1. The second-order valence-corrected chi connectivity index (χ2v) is 9.25. The van der Waals surface area contributed by atoms with Gasteiger partial charge in [0.2, 0.25) is 10.0 Å². The molecule has 28 heavy (non-hydrogen) atoms. The Balaban J connectivity index is 1.48. The van der Waals surface area contributed by atoms with Crippen LogP contribution in [0.4, 0.5) is 0 Å². The molecule has 0 unspecified atom stereocenters. The lowest BCUT2D eigenvalue weighted by Crippen LogP contribution is -3.14. The maximum atomic E-state index is 13.0. The number of aromatic nitrogens is 1. The summed E-state index contributed by atoms with van der Waals surface area (Å²) in [4.78, 5) is 13.7. The van der Waals surface area contributed by atoms with Crippen molar-refractivity contribution in [2.75, 3.05) is 26.2 Å². The average molecular weight is 402 g/mol. The van der Waals surface area contributed by atoms with Crippen LogP contribution >= 0.6 is 0 Å². The highest BCUT2D eigenvalue weighted by Gasteiger charge is 2.31. The summed E-state index contributed by atoms with van der Waals surface area (Å²) < 4.78 is 34.5. The number of fused-ring (bicyclic) bond motifs is 1. The van der Waals surface area contributed by atoms with Crippen molar-refractivity contribution in [3.63, 3.8) is 0 Å². The van der Waals surface area contributed by atoms with Gasteiger partial charge in [-0.15, -0.1) is 0 Å². The summed E-state index contributed by atoms with van der Waals surface area (Å²) in [6, 6.07) is 12.8. The zero-order chi connectivity index (χ0) is 19.9. The summed E-state index contributed by atoms with van der Waals surface area (Å²) in [6.07, 6.45) is 0. The smallest absolute Gasteiger partial charge is 0.408 e. The van der Waals surface area contributed by atoms with Crippen molar-refractivity contribution in [2.45, 2.75) is 25.4 Å². The van der Waals surface area contributed by atoms with Crippen LogP contribution in [0.2, 0.25) is 0 Å². The van der Waals surface area contributed by atoms with Gasteiger partial charge in [0, 0.05) is 0 Å². The van der Waals surface area contributed by atoms with Crippen LogP contribution in [0.3, 0.4) is 0 Å². The molecule has 7 nitrogen and oxygen atoms in total. The number of nitrogens with one attached hydrogen (secondary N) is 1. The molecule has 0 spiro atoms. The second kappa shape index (κ2) is 7.20. The van der Waals surface area contributed by atoms with Crippen molar-refractivity contribution in [2.24, 2.45) is 0 Å². The number of oxazole rings is 1. The van der Waals surface area contributed by atoms with E-state index in [4.69, 9.17) is 4.42 Å². The normalized spacial score (nSPS) is 16.6. The minimum absolute atomic E-state index is 0.374. The van der Waals surface area contributed by atoms with E-state index in [-0.39, 0.29) is 5.76 Å². The Morgan fingerprint density at radius 1 is 1.07 bits per heavy atom. The van der Waals surface area contributed by atoms with Crippen LogP contribution in [0.1, 0.15) is 11.1 Å². The third-order valence-electron chi connectivity index (χ3n) is 5.33. The van der Waals surface area contributed by atoms with Crippen LogP contribution in [-0.4, -0.2) is 43.5 Å². The predicted molar refractivity (Wildman–Crippen MR) is 106 cm³/mol. The molecule has 0 radical (unpaired) electrons. The lowest BCUT2D eigenvalue weighted by Gasteiger charge is -2.31. The lowest BCUT2D eigenvalue weighted by molar-refractivity contribution is -0.926. The number of piperazine rings is 1. The van der Waals surface area contributed by atoms with Crippen LogP contribution < -0.4 is 10.7 Å². The molecule has 1 N–H and O–H groups in total. The predicted octanol–water partition coefficient (Wildman–Crippen LogP) is 0.758. The molecule has 4 rings (SSSR count). The summed E-state index contributed by atoms with van der Waals surface area (Å²) in [5.74, 6) is -0.376. The molecule has 0 atom stereocenters. The highest BCUT2D eigenvalue weighted by atomic mass is 32.2. The maximum absolute atomic E-state index is 13.0. The Bertz CT molecular complexity index is 1170. The van der Waals surface area contributed by atoms with Gasteiger partial charge in [-0.05, 0) is 37.6 Å². The van der Waals surface area contributed by atoms with Gasteiger partial charge in [-0.25, -0.2) is 17.8 Å². The number of quaternary nitrogens is 1. The Labute approximate surface area is 163 Å². The number of hydrogen-bond acceptors (Lipinski definition) is 4. The Kier molecular flexibility index (Phi) is 4.86. The zero-order valence-corrected chi connectivity index (χ0v) is 16.8. The minimum atomic E-state index is -3.50. The molecule has 1 aromatic heterocycles. The third-order valence-corrected chi connectivity index (χ3v) is 7.39. The highest BCUT2D eigenvalue weighted by molar-refractivity contribution is 7.89. The second-order valence-electron chi connectivity index (χ2n) is 7.34. The first-order chi connectivity index (χ1) is 13.4. The molecule has 0 saturated carbocycles. The number of hydrogen-bond donors (Lipinski definition) is 1. The number of aryl methyl sites for hydroxylation is 2. The largest absolute Gasteiger partial charge is 0.424 e. The van der Waals surface area contributed by atoms with Crippen molar-refractivity contribution in [1.29, 1.82) is 0 Å². The van der Waals surface area contributed by atoms with E-state index in [0.29, 0.717) is 43.3 Å². The van der Waals surface area contributed by atoms with Gasteiger partial charge >= 0.3 is 5.76 Å². The van der Waals surface area contributed by atoms with E-state index in [1.165, 1.54) is 0 Å². The van der Waals surface area contributed by atoms with Gasteiger partial charge in [0.25, 0.3) is 0 Å². The summed E-state index contributed by atoms with van der Waals surface area (Å²) in [6.45, 7) is 6.37. The summed E-state index contributed by atoms with van der Waals surface area (Å²) in [5.41, 5.74) is 3.16. The highest BCUT2D eigenvalue weighted by Crippen LogP contribution is 2.21. The van der Waals surface area contributed by atoms with Crippen molar-refractivity contribution in [3.8, 4) is 0 Å². The number of rotatable bonds is 4. The van der Waals surface area contributed by atoms with Gasteiger partial charge in [0.05, 0.1) is 36.6 Å². The Morgan fingerprint density at radius 2 is 1.79 bits per heavy atom. The summed E-state index contributed by atoms with van der Waals surface area (Å²) in [7, 11) is -3.50. The molecule has 1 fully saturated rings. The van der Waals surface area contributed by atoms with E-state index >= 15 is 0 Å². The van der Waals surface area contributed by atoms with Crippen LogP contribution in [0.25, 0.3) is 11.1 Å². The summed E-state index contributed by atoms with van der Waals surface area (Å²) >= 11 is 0. The quantitative estimate of drug-likeness (QED) is 0.699. The molecular formula is C20H24N3O4S+. The van der Waals surface area contributed by atoms with E-state index < -0.39 is 10.0 Å². The molecule has 2 aromatic carbocycles. The van der Waals surface area contributed by atoms with Crippen molar-refractivity contribution in [1.82, 2.24) is 8.87 Å². The standard InChI is InChI=1S/C20H23N3O4S/c1-15-7-8-19(16(2)13-15)28(25,26)22-11-9-21(10-12-22)14-23-17-5-3-4-6-18(17)27-20(23)24/h3-8,13H,9-12,14H2,1-2H3/p+1. The maximum Gasteiger partial charge on any atom is 0.424 e. The van der Waals surface area contributed by atoms with Crippen LogP contribution in [0.5, 0.6) is 0 Å². The molecule has 0 amide bonds. The molecule has 1 saturated heterocycles. The first-order valence-electron chi connectivity index (χ1n) is 9.35. The van der Waals surface area contributed by atoms with Gasteiger partial charge in [-0.3, -0.25) is 0 Å². The molecule has 2 heterocycles. The number of benzene rings is 2. The van der Waals surface area contributed by atoms with E-state index in [0.717, 1.165) is 21.5 Å². The summed E-state index contributed by atoms with van der Waals surface area (Å²) in [5, 5.41) is 0. The topological polar surface area (TPSA) is 77.0 Å². The zero-order valence-electron chi connectivity index (χ0n) is 16.0. The first kappa shape index (κ1) is 18.9.